The molecule has 0 aromatic rings. The van der Waals surface area contributed by atoms with E-state index in [0.717, 1.165) is 25.7 Å². The summed E-state index contributed by atoms with van der Waals surface area (Å²) in [6, 6.07) is 0. The molecule has 1 aliphatic carbocycles. The zero-order chi connectivity index (χ0) is 11.4. The summed E-state index contributed by atoms with van der Waals surface area (Å²) >= 11 is 0. The summed E-state index contributed by atoms with van der Waals surface area (Å²) in [5, 5.41) is 9.02. The molecule has 2 heteroatoms. The third-order valence-corrected chi connectivity index (χ3v) is 3.75. The molecule has 88 valence electrons. The Bertz CT molecular complexity index is 211. The smallest absolute Gasteiger partial charge is 0.136 e. The number of Topliss-reactive ketones (excluding diaryl/α,β-unsaturated/α-hetero) is 1. The largest absolute Gasteiger partial charge is 0.396 e. The van der Waals surface area contributed by atoms with Crippen molar-refractivity contribution < 1.29 is 9.90 Å². The molecule has 0 aliphatic heterocycles. The summed E-state index contributed by atoms with van der Waals surface area (Å²) in [4.78, 5) is 11.7. The van der Waals surface area contributed by atoms with Crippen LogP contribution in [0.4, 0.5) is 0 Å². The van der Waals surface area contributed by atoms with Gasteiger partial charge in [0.25, 0.3) is 0 Å². The lowest BCUT2D eigenvalue weighted by atomic mass is 9.73. The third kappa shape index (κ3) is 3.60. The normalized spacial score (nSPS) is 29.5. The number of carbonyl (C=O) groups excluding carboxylic acids is 1. The van der Waals surface area contributed by atoms with Crippen LogP contribution in [0.2, 0.25) is 0 Å². The lowest BCUT2D eigenvalue weighted by Gasteiger charge is -2.31. The first-order valence-electron chi connectivity index (χ1n) is 6.18. The van der Waals surface area contributed by atoms with Crippen molar-refractivity contribution in [3.63, 3.8) is 0 Å². The zero-order valence-corrected chi connectivity index (χ0v) is 10.2. The van der Waals surface area contributed by atoms with Gasteiger partial charge in [0.05, 0.1) is 0 Å². The molecule has 0 aromatic heterocycles. The summed E-state index contributed by atoms with van der Waals surface area (Å²) in [5.41, 5.74) is 0. The highest BCUT2D eigenvalue weighted by molar-refractivity contribution is 5.81. The van der Waals surface area contributed by atoms with Gasteiger partial charge in [-0.1, -0.05) is 20.8 Å². The first kappa shape index (κ1) is 12.7. The Balaban J connectivity index is 2.50. The number of ketones is 1. The number of aliphatic hydroxyl groups excluding tert-OH is 1. The second kappa shape index (κ2) is 5.64. The molecule has 15 heavy (non-hydrogen) atoms. The van der Waals surface area contributed by atoms with E-state index in [9.17, 15) is 4.79 Å². The SMILES string of the molecule is CC(CO)CC1CC(C(C)C)CCC1=O. The molecule has 0 spiro atoms. The molecular weight excluding hydrogens is 188 g/mol. The molecule has 2 nitrogen and oxygen atoms in total. The Morgan fingerprint density at radius 1 is 1.40 bits per heavy atom. The molecule has 3 unspecified atom stereocenters. The average Bonchev–Trinajstić information content (AvgIpc) is 2.20. The summed E-state index contributed by atoms with van der Waals surface area (Å²) in [7, 11) is 0. The Labute approximate surface area is 93.1 Å². The number of hydrogen-bond donors (Lipinski definition) is 1. The fourth-order valence-corrected chi connectivity index (χ4v) is 2.54. The van der Waals surface area contributed by atoms with Gasteiger partial charge in [0.1, 0.15) is 5.78 Å². The standard InChI is InChI=1S/C13H24O2/c1-9(2)11-4-5-13(15)12(7-11)6-10(3)8-14/h9-12,14H,4-8H2,1-3H3. The highest BCUT2D eigenvalue weighted by Gasteiger charge is 2.30. The van der Waals surface area contributed by atoms with Crippen LogP contribution in [-0.2, 0) is 4.79 Å². The van der Waals surface area contributed by atoms with Crippen LogP contribution in [0.1, 0.15) is 46.5 Å². The fraction of sp³-hybridized carbons (Fsp3) is 0.923. The number of aliphatic hydroxyl groups is 1. The lowest BCUT2D eigenvalue weighted by molar-refractivity contribution is -0.126. The molecule has 3 atom stereocenters. The second-order valence-electron chi connectivity index (χ2n) is 5.47. The van der Waals surface area contributed by atoms with Gasteiger partial charge >= 0.3 is 0 Å². The zero-order valence-electron chi connectivity index (χ0n) is 10.2. The predicted octanol–water partition coefficient (Wildman–Crippen LogP) is 2.65. The van der Waals surface area contributed by atoms with Crippen molar-refractivity contribution >= 4 is 5.78 Å². The van der Waals surface area contributed by atoms with E-state index in [2.05, 4.69) is 13.8 Å². The van der Waals surface area contributed by atoms with Crippen LogP contribution in [0, 0.1) is 23.7 Å². The van der Waals surface area contributed by atoms with Gasteiger partial charge in [-0.3, -0.25) is 4.79 Å². The van der Waals surface area contributed by atoms with Gasteiger partial charge < -0.3 is 5.11 Å². The molecule has 0 radical (unpaired) electrons. The molecule has 0 heterocycles. The van der Waals surface area contributed by atoms with Crippen molar-refractivity contribution in [3.05, 3.63) is 0 Å². The second-order valence-corrected chi connectivity index (χ2v) is 5.47. The Hall–Kier alpha value is -0.370. The summed E-state index contributed by atoms with van der Waals surface area (Å²) < 4.78 is 0. The minimum absolute atomic E-state index is 0.204. The van der Waals surface area contributed by atoms with Crippen LogP contribution >= 0.6 is 0 Å². The molecule has 0 amide bonds. The maximum Gasteiger partial charge on any atom is 0.136 e. The van der Waals surface area contributed by atoms with Crippen LogP contribution in [-0.4, -0.2) is 17.5 Å². The van der Waals surface area contributed by atoms with Crippen molar-refractivity contribution in [2.24, 2.45) is 23.7 Å². The van der Waals surface area contributed by atoms with E-state index in [-0.39, 0.29) is 18.4 Å². The first-order chi connectivity index (χ1) is 7.04. The highest BCUT2D eigenvalue weighted by atomic mass is 16.3. The summed E-state index contributed by atoms with van der Waals surface area (Å²) in [5.74, 6) is 2.30. The maximum atomic E-state index is 11.7. The van der Waals surface area contributed by atoms with Crippen molar-refractivity contribution in [1.82, 2.24) is 0 Å². The molecular formula is C13H24O2. The quantitative estimate of drug-likeness (QED) is 0.778. The van der Waals surface area contributed by atoms with E-state index in [0.29, 0.717) is 17.6 Å². The van der Waals surface area contributed by atoms with E-state index < -0.39 is 0 Å². The average molecular weight is 212 g/mol. The van der Waals surface area contributed by atoms with E-state index in [1.54, 1.807) is 0 Å². The van der Waals surface area contributed by atoms with Crippen LogP contribution in [0.3, 0.4) is 0 Å². The Morgan fingerprint density at radius 3 is 2.60 bits per heavy atom. The van der Waals surface area contributed by atoms with Crippen molar-refractivity contribution in [2.75, 3.05) is 6.61 Å². The topological polar surface area (TPSA) is 37.3 Å². The molecule has 0 aromatic carbocycles. The monoisotopic (exact) mass is 212 g/mol. The summed E-state index contributed by atoms with van der Waals surface area (Å²) in [6.45, 7) is 6.71. The van der Waals surface area contributed by atoms with E-state index >= 15 is 0 Å². The number of carbonyl (C=O) groups is 1. The maximum absolute atomic E-state index is 11.7. The molecule has 1 aliphatic rings. The fourth-order valence-electron chi connectivity index (χ4n) is 2.54. The molecule has 0 saturated heterocycles. The van der Waals surface area contributed by atoms with Gasteiger partial charge in [0.2, 0.25) is 0 Å². The first-order valence-corrected chi connectivity index (χ1v) is 6.18. The van der Waals surface area contributed by atoms with Crippen molar-refractivity contribution in [1.29, 1.82) is 0 Å². The highest BCUT2D eigenvalue weighted by Crippen LogP contribution is 2.34. The number of hydrogen-bond acceptors (Lipinski definition) is 2. The Kier molecular flexibility index (Phi) is 4.78. The summed E-state index contributed by atoms with van der Waals surface area (Å²) in [6.07, 6.45) is 3.74. The lowest BCUT2D eigenvalue weighted by Crippen LogP contribution is -2.29. The number of rotatable bonds is 4. The molecule has 1 saturated carbocycles. The van der Waals surface area contributed by atoms with Gasteiger partial charge in [-0.25, -0.2) is 0 Å². The van der Waals surface area contributed by atoms with Gasteiger partial charge in [0, 0.05) is 18.9 Å². The molecule has 0 bridgehead atoms. The van der Waals surface area contributed by atoms with E-state index in [4.69, 9.17) is 5.11 Å². The van der Waals surface area contributed by atoms with Crippen molar-refractivity contribution in [2.45, 2.75) is 46.5 Å². The Morgan fingerprint density at radius 2 is 2.07 bits per heavy atom. The van der Waals surface area contributed by atoms with Crippen molar-refractivity contribution in [3.8, 4) is 0 Å². The van der Waals surface area contributed by atoms with Gasteiger partial charge in [-0.2, -0.15) is 0 Å². The predicted molar refractivity (Wildman–Crippen MR) is 61.5 cm³/mol. The van der Waals surface area contributed by atoms with Gasteiger partial charge in [-0.05, 0) is 37.0 Å². The van der Waals surface area contributed by atoms with Crippen LogP contribution in [0.25, 0.3) is 0 Å². The van der Waals surface area contributed by atoms with Gasteiger partial charge in [-0.15, -0.1) is 0 Å². The molecule has 1 N–H and O–H groups in total. The van der Waals surface area contributed by atoms with Crippen LogP contribution in [0.5, 0.6) is 0 Å². The minimum atomic E-state index is 0.204. The van der Waals surface area contributed by atoms with Gasteiger partial charge in [0.15, 0.2) is 0 Å². The molecule has 1 rings (SSSR count). The van der Waals surface area contributed by atoms with Crippen LogP contribution in [0.15, 0.2) is 0 Å². The van der Waals surface area contributed by atoms with E-state index in [1.165, 1.54) is 0 Å². The third-order valence-electron chi connectivity index (χ3n) is 3.75. The molecule has 1 fully saturated rings. The van der Waals surface area contributed by atoms with Crippen LogP contribution < -0.4 is 0 Å². The minimum Gasteiger partial charge on any atom is -0.396 e. The van der Waals surface area contributed by atoms with E-state index in [1.807, 2.05) is 6.92 Å².